The van der Waals surface area contributed by atoms with Crippen molar-refractivity contribution in [2.75, 3.05) is 14.1 Å². The molecule has 0 saturated carbocycles. The molecule has 1 heterocycles. The predicted octanol–water partition coefficient (Wildman–Crippen LogP) is 8.03. The van der Waals surface area contributed by atoms with Gasteiger partial charge in [0.1, 0.15) is 5.69 Å². The van der Waals surface area contributed by atoms with E-state index in [-0.39, 0.29) is 17.0 Å². The second kappa shape index (κ2) is 10.7. The van der Waals surface area contributed by atoms with Gasteiger partial charge in [-0.25, -0.2) is 4.79 Å². The van der Waals surface area contributed by atoms with Crippen LogP contribution in [0.3, 0.4) is 0 Å². The Labute approximate surface area is 241 Å². The van der Waals surface area contributed by atoms with Crippen molar-refractivity contribution < 1.29 is 14.7 Å². The predicted molar refractivity (Wildman–Crippen MR) is 167 cm³/mol. The van der Waals surface area contributed by atoms with Crippen molar-refractivity contribution in [1.29, 1.82) is 0 Å². The van der Waals surface area contributed by atoms with Gasteiger partial charge in [0.15, 0.2) is 0 Å². The Bertz CT molecular complexity index is 1750. The molecule has 1 aromatic heterocycles. The number of nitrogens with zero attached hydrogens (tertiary/aromatic N) is 2. The molecule has 5 rings (SSSR count). The summed E-state index contributed by atoms with van der Waals surface area (Å²) in [5.74, 6) is -0.989. The molecule has 0 bridgehead atoms. The average molecular weight is 545 g/mol. The van der Waals surface area contributed by atoms with Crippen LogP contribution in [0.15, 0.2) is 91.0 Å². The van der Waals surface area contributed by atoms with Gasteiger partial charge in [-0.15, -0.1) is 0 Å². The lowest BCUT2D eigenvalue weighted by molar-refractivity contribution is 0.0686. The number of fused-ring (bicyclic) bond motifs is 1. The first kappa shape index (κ1) is 27.9. The minimum Gasteiger partial charge on any atom is -0.477 e. The Morgan fingerprint density at radius 3 is 2.02 bits per heavy atom. The molecule has 41 heavy (non-hydrogen) atoms. The molecule has 0 radical (unpaired) electrons. The highest BCUT2D eigenvalue weighted by atomic mass is 16.4. The van der Waals surface area contributed by atoms with Gasteiger partial charge in [-0.05, 0) is 70.0 Å². The molecule has 4 aromatic carbocycles. The third-order valence-corrected chi connectivity index (χ3v) is 7.76. The van der Waals surface area contributed by atoms with Crippen LogP contribution >= 0.6 is 0 Å². The number of carbonyl (C=O) groups is 2. The maximum atomic E-state index is 12.9. The van der Waals surface area contributed by atoms with Gasteiger partial charge in [-0.3, -0.25) is 4.79 Å². The third kappa shape index (κ3) is 5.40. The smallest absolute Gasteiger partial charge is 0.353 e. The summed E-state index contributed by atoms with van der Waals surface area (Å²) in [6.45, 7) is 8.98. The van der Waals surface area contributed by atoms with Crippen molar-refractivity contribution in [3.8, 4) is 22.3 Å². The Morgan fingerprint density at radius 2 is 1.41 bits per heavy atom. The minimum atomic E-state index is -0.953. The van der Waals surface area contributed by atoms with Crippen molar-refractivity contribution in [2.45, 2.75) is 39.7 Å². The molecule has 5 nitrogen and oxygen atoms in total. The SMILES string of the molecule is Cc1ccc(-c2ccc(C(=O)N(C)C)cc2)cc1Cn1c(C(=O)O)c(-c2ccc(C(C)(C)C)cc2)c2ccccc21. The number of carbonyl (C=O) groups excluding carboxylic acids is 1. The molecule has 1 N–H and O–H groups in total. The Balaban J connectivity index is 1.60. The molecular formula is C36H36N2O3. The number of para-hydroxylation sites is 1. The summed E-state index contributed by atoms with van der Waals surface area (Å²) in [5.41, 5.74) is 8.78. The molecule has 0 atom stereocenters. The fraction of sp³-hybridized carbons (Fsp3) is 0.222. The summed E-state index contributed by atoms with van der Waals surface area (Å²) in [5, 5.41) is 11.5. The van der Waals surface area contributed by atoms with Crippen LogP contribution in [0.25, 0.3) is 33.2 Å². The highest BCUT2D eigenvalue weighted by molar-refractivity contribution is 6.08. The second-order valence-electron chi connectivity index (χ2n) is 11.9. The van der Waals surface area contributed by atoms with E-state index in [0.29, 0.717) is 12.1 Å². The second-order valence-corrected chi connectivity index (χ2v) is 11.9. The molecule has 5 aromatic rings. The van der Waals surface area contributed by atoms with Crippen LogP contribution in [0.5, 0.6) is 0 Å². The number of aromatic carboxylic acids is 1. The van der Waals surface area contributed by atoms with Gasteiger partial charge >= 0.3 is 5.97 Å². The van der Waals surface area contributed by atoms with Crippen molar-refractivity contribution >= 4 is 22.8 Å². The van der Waals surface area contributed by atoms with Gasteiger partial charge in [0.2, 0.25) is 0 Å². The molecule has 0 aliphatic rings. The largest absolute Gasteiger partial charge is 0.477 e. The van der Waals surface area contributed by atoms with Crippen molar-refractivity contribution in [1.82, 2.24) is 9.47 Å². The van der Waals surface area contributed by atoms with E-state index in [1.807, 2.05) is 65.2 Å². The monoisotopic (exact) mass is 544 g/mol. The molecular weight excluding hydrogens is 508 g/mol. The fourth-order valence-electron chi connectivity index (χ4n) is 5.37. The van der Waals surface area contributed by atoms with Crippen LogP contribution in [0.2, 0.25) is 0 Å². The number of aryl methyl sites for hydroxylation is 1. The Kier molecular flexibility index (Phi) is 7.31. The summed E-state index contributed by atoms with van der Waals surface area (Å²) in [4.78, 5) is 26.7. The molecule has 0 aliphatic carbocycles. The highest BCUT2D eigenvalue weighted by Gasteiger charge is 2.24. The fourth-order valence-corrected chi connectivity index (χ4v) is 5.37. The summed E-state index contributed by atoms with van der Waals surface area (Å²) in [6.07, 6.45) is 0. The molecule has 0 unspecified atom stereocenters. The van der Waals surface area contributed by atoms with Crippen LogP contribution in [0.4, 0.5) is 0 Å². The average Bonchev–Trinajstić information content (AvgIpc) is 3.28. The van der Waals surface area contributed by atoms with Gasteiger partial charge in [-0.1, -0.05) is 87.5 Å². The van der Waals surface area contributed by atoms with E-state index >= 15 is 0 Å². The lowest BCUT2D eigenvalue weighted by atomic mass is 9.86. The maximum Gasteiger partial charge on any atom is 0.353 e. The molecule has 0 saturated heterocycles. The van der Waals surface area contributed by atoms with E-state index in [0.717, 1.165) is 44.3 Å². The summed E-state index contributed by atoms with van der Waals surface area (Å²) in [6, 6.07) is 30.0. The van der Waals surface area contributed by atoms with E-state index in [1.54, 1.807) is 19.0 Å². The first-order valence-corrected chi connectivity index (χ1v) is 13.8. The standard InChI is InChI=1S/C36H36N2O3/c1-23-11-12-27(24-13-15-26(16-14-24)34(39)37(5)6)21-28(23)22-38-31-10-8-7-9-30(31)32(33(38)35(40)41)25-17-19-29(20-18-25)36(2,3)4/h7-21H,22H2,1-6H3,(H,40,41). The Morgan fingerprint density at radius 1 is 0.805 bits per heavy atom. The zero-order valence-electron chi connectivity index (χ0n) is 24.5. The van der Waals surface area contributed by atoms with Gasteiger partial charge in [-0.2, -0.15) is 0 Å². The molecule has 0 fully saturated rings. The number of aromatic nitrogens is 1. The zero-order chi connectivity index (χ0) is 29.5. The van der Waals surface area contributed by atoms with E-state index in [2.05, 4.69) is 58.0 Å². The van der Waals surface area contributed by atoms with Crippen molar-refractivity contribution in [2.24, 2.45) is 0 Å². The highest BCUT2D eigenvalue weighted by Crippen LogP contribution is 2.37. The molecule has 0 aliphatic heterocycles. The van der Waals surface area contributed by atoms with Gasteiger partial charge in [0.25, 0.3) is 5.91 Å². The number of carboxylic acid groups (broad SMARTS) is 1. The van der Waals surface area contributed by atoms with Crippen molar-refractivity contribution in [3.05, 3.63) is 119 Å². The molecule has 208 valence electrons. The molecule has 0 spiro atoms. The number of rotatable bonds is 6. The first-order valence-electron chi connectivity index (χ1n) is 13.8. The first-order chi connectivity index (χ1) is 19.5. The quantitative estimate of drug-likeness (QED) is 0.235. The van der Waals surface area contributed by atoms with E-state index in [4.69, 9.17) is 0 Å². The summed E-state index contributed by atoms with van der Waals surface area (Å²) >= 11 is 0. The molecule has 1 amide bonds. The van der Waals surface area contributed by atoms with E-state index < -0.39 is 5.97 Å². The van der Waals surface area contributed by atoms with E-state index in [1.165, 1.54) is 5.56 Å². The third-order valence-electron chi connectivity index (χ3n) is 7.76. The van der Waals surface area contributed by atoms with E-state index in [9.17, 15) is 14.7 Å². The number of carboxylic acids is 1. The number of amides is 1. The summed E-state index contributed by atoms with van der Waals surface area (Å²) in [7, 11) is 3.48. The van der Waals surface area contributed by atoms with Crippen molar-refractivity contribution in [3.63, 3.8) is 0 Å². The minimum absolute atomic E-state index is 0.00685. The van der Waals surface area contributed by atoms with Gasteiger partial charge in [0, 0.05) is 42.7 Å². The topological polar surface area (TPSA) is 62.5 Å². The number of benzene rings is 4. The molecule has 5 heteroatoms. The van der Waals surface area contributed by atoms with Crippen LogP contribution < -0.4 is 0 Å². The van der Waals surface area contributed by atoms with Crippen LogP contribution in [0, 0.1) is 6.92 Å². The van der Waals surface area contributed by atoms with Gasteiger partial charge < -0.3 is 14.6 Å². The number of hydrogen-bond donors (Lipinski definition) is 1. The summed E-state index contributed by atoms with van der Waals surface area (Å²) < 4.78 is 1.93. The maximum absolute atomic E-state index is 12.9. The lowest BCUT2D eigenvalue weighted by Crippen LogP contribution is -2.21. The van der Waals surface area contributed by atoms with Gasteiger partial charge in [0.05, 0.1) is 0 Å². The van der Waals surface area contributed by atoms with Crippen LogP contribution in [-0.4, -0.2) is 40.5 Å². The normalized spacial score (nSPS) is 11.6. The van der Waals surface area contributed by atoms with Crippen LogP contribution in [0.1, 0.15) is 58.3 Å². The lowest BCUT2D eigenvalue weighted by Gasteiger charge is -2.19. The Hall–Kier alpha value is -4.64. The zero-order valence-corrected chi connectivity index (χ0v) is 24.5. The number of hydrogen-bond acceptors (Lipinski definition) is 2. The van der Waals surface area contributed by atoms with Crippen LogP contribution in [-0.2, 0) is 12.0 Å².